The van der Waals surface area contributed by atoms with Gasteiger partial charge in [-0.05, 0) is 18.1 Å². The SMILES string of the molecule is CCCn1c(SCC(=O)/C=C2/N(C)c3ccccc3C2(C)C)n[nH]c1=O. The van der Waals surface area contributed by atoms with Gasteiger partial charge in [0.1, 0.15) is 0 Å². The van der Waals surface area contributed by atoms with Crippen LogP contribution in [0.1, 0.15) is 32.8 Å². The summed E-state index contributed by atoms with van der Waals surface area (Å²) in [6.45, 7) is 6.86. The zero-order chi connectivity index (χ0) is 18.9. The minimum atomic E-state index is -0.229. The second-order valence-electron chi connectivity index (χ2n) is 6.95. The van der Waals surface area contributed by atoms with Crippen LogP contribution < -0.4 is 10.6 Å². The molecular weight excluding hydrogens is 348 g/mol. The normalized spacial score (nSPS) is 16.9. The number of carbonyl (C=O) groups is 1. The number of fused-ring (bicyclic) bond motifs is 1. The Hall–Kier alpha value is -2.28. The molecule has 0 spiro atoms. The summed E-state index contributed by atoms with van der Waals surface area (Å²) in [4.78, 5) is 26.4. The Kier molecular flexibility index (Phi) is 5.09. The number of likely N-dealkylation sites (N-methyl/N-ethyl adjacent to an activating group) is 1. The first-order chi connectivity index (χ1) is 12.4. The Bertz CT molecular complexity index is 910. The molecule has 2 aromatic rings. The molecule has 1 N–H and O–H groups in total. The lowest BCUT2D eigenvalue weighted by Gasteiger charge is -2.23. The van der Waals surface area contributed by atoms with E-state index in [4.69, 9.17) is 0 Å². The first kappa shape index (κ1) is 18.5. The smallest absolute Gasteiger partial charge is 0.343 e. The van der Waals surface area contributed by atoms with Crippen molar-refractivity contribution >= 4 is 23.2 Å². The number of nitrogens with zero attached hydrogens (tertiary/aromatic N) is 3. The van der Waals surface area contributed by atoms with Gasteiger partial charge in [0.2, 0.25) is 0 Å². The molecule has 1 aliphatic rings. The fourth-order valence-electron chi connectivity index (χ4n) is 3.42. The van der Waals surface area contributed by atoms with Gasteiger partial charge in [-0.2, -0.15) is 0 Å². The van der Waals surface area contributed by atoms with E-state index in [9.17, 15) is 9.59 Å². The lowest BCUT2D eigenvalue weighted by molar-refractivity contribution is -0.112. The number of aromatic amines is 1. The topological polar surface area (TPSA) is 71.0 Å². The van der Waals surface area contributed by atoms with E-state index in [1.165, 1.54) is 17.3 Å². The van der Waals surface area contributed by atoms with Crippen LogP contribution in [0.15, 0.2) is 46.0 Å². The van der Waals surface area contributed by atoms with E-state index in [0.29, 0.717) is 11.7 Å². The predicted molar refractivity (Wildman–Crippen MR) is 105 cm³/mol. The lowest BCUT2D eigenvalue weighted by Crippen LogP contribution is -2.24. The van der Waals surface area contributed by atoms with Crippen molar-refractivity contribution < 1.29 is 4.79 Å². The summed E-state index contributed by atoms with van der Waals surface area (Å²) in [5.74, 6) is 0.258. The molecule has 7 heteroatoms. The van der Waals surface area contributed by atoms with Crippen LogP contribution in [0.4, 0.5) is 5.69 Å². The number of allylic oxidation sites excluding steroid dienone is 2. The largest absolute Gasteiger partial charge is 0.347 e. The highest BCUT2D eigenvalue weighted by molar-refractivity contribution is 7.99. The van der Waals surface area contributed by atoms with E-state index in [-0.39, 0.29) is 22.6 Å². The predicted octanol–water partition coefficient (Wildman–Crippen LogP) is 2.95. The van der Waals surface area contributed by atoms with E-state index in [1.807, 2.05) is 26.1 Å². The molecule has 0 radical (unpaired) electrons. The van der Waals surface area contributed by atoms with E-state index < -0.39 is 0 Å². The van der Waals surface area contributed by atoms with Crippen molar-refractivity contribution in [1.82, 2.24) is 14.8 Å². The zero-order valence-electron chi connectivity index (χ0n) is 15.6. The van der Waals surface area contributed by atoms with Crippen molar-refractivity contribution in [3.05, 3.63) is 52.1 Å². The second-order valence-corrected chi connectivity index (χ2v) is 7.89. The van der Waals surface area contributed by atoms with Gasteiger partial charge in [0.05, 0.1) is 5.75 Å². The molecule has 0 amide bonds. The van der Waals surface area contributed by atoms with Crippen molar-refractivity contribution in [3.63, 3.8) is 0 Å². The van der Waals surface area contributed by atoms with E-state index >= 15 is 0 Å². The van der Waals surface area contributed by atoms with Gasteiger partial charge in [-0.25, -0.2) is 9.89 Å². The average Bonchev–Trinajstić information content (AvgIpc) is 3.05. The number of hydrogen-bond acceptors (Lipinski definition) is 5. The lowest BCUT2D eigenvalue weighted by atomic mass is 9.83. The number of benzene rings is 1. The third-order valence-corrected chi connectivity index (χ3v) is 5.75. The average molecular weight is 372 g/mol. The summed E-state index contributed by atoms with van der Waals surface area (Å²) < 4.78 is 1.58. The summed E-state index contributed by atoms with van der Waals surface area (Å²) in [7, 11) is 1.99. The van der Waals surface area contributed by atoms with Crippen LogP contribution in [-0.4, -0.2) is 33.3 Å². The molecule has 1 aromatic carbocycles. The van der Waals surface area contributed by atoms with Crippen LogP contribution in [0.3, 0.4) is 0 Å². The van der Waals surface area contributed by atoms with Crippen LogP contribution >= 0.6 is 11.8 Å². The number of rotatable bonds is 6. The van der Waals surface area contributed by atoms with Gasteiger partial charge in [-0.15, -0.1) is 5.10 Å². The van der Waals surface area contributed by atoms with Crippen LogP contribution in [-0.2, 0) is 16.8 Å². The standard InChI is InChI=1S/C19H24N4O2S/c1-5-10-23-17(25)20-21-18(23)26-12-13(24)11-16-19(2,3)14-8-6-7-9-15(14)22(16)4/h6-9,11H,5,10,12H2,1-4H3,(H,20,25)/b16-11+. The number of H-pyrrole nitrogens is 1. The minimum absolute atomic E-state index is 0.0104. The molecule has 0 saturated heterocycles. The van der Waals surface area contributed by atoms with Crippen molar-refractivity contribution in [3.8, 4) is 0 Å². The van der Waals surface area contributed by atoms with Gasteiger partial charge in [-0.1, -0.05) is 50.7 Å². The van der Waals surface area contributed by atoms with Gasteiger partial charge >= 0.3 is 5.69 Å². The molecule has 1 aliphatic heterocycles. The third kappa shape index (κ3) is 3.23. The highest BCUT2D eigenvalue weighted by atomic mass is 32.2. The fraction of sp³-hybridized carbons (Fsp3) is 0.421. The Morgan fingerprint density at radius 1 is 1.35 bits per heavy atom. The van der Waals surface area contributed by atoms with Gasteiger partial charge in [0.15, 0.2) is 10.9 Å². The van der Waals surface area contributed by atoms with Crippen LogP contribution in [0.25, 0.3) is 0 Å². The molecule has 0 saturated carbocycles. The molecule has 26 heavy (non-hydrogen) atoms. The number of nitrogens with one attached hydrogen (secondary N) is 1. The van der Waals surface area contributed by atoms with Crippen LogP contribution in [0.2, 0.25) is 0 Å². The van der Waals surface area contributed by atoms with Gasteiger partial charge < -0.3 is 4.90 Å². The van der Waals surface area contributed by atoms with Crippen molar-refractivity contribution in [2.24, 2.45) is 0 Å². The third-order valence-electron chi connectivity index (χ3n) is 4.75. The van der Waals surface area contributed by atoms with E-state index in [0.717, 1.165) is 17.8 Å². The summed E-state index contributed by atoms with van der Waals surface area (Å²) in [5, 5.41) is 7.03. The van der Waals surface area contributed by atoms with Crippen LogP contribution in [0.5, 0.6) is 0 Å². The van der Waals surface area contributed by atoms with Crippen LogP contribution in [0, 0.1) is 0 Å². The first-order valence-corrected chi connectivity index (χ1v) is 9.71. The maximum atomic E-state index is 12.6. The van der Waals surface area contributed by atoms with Crippen molar-refractivity contribution in [1.29, 1.82) is 0 Å². The van der Waals surface area contributed by atoms with Crippen molar-refractivity contribution in [2.75, 3.05) is 17.7 Å². The summed E-state index contributed by atoms with van der Waals surface area (Å²) in [6.07, 6.45) is 2.56. The molecule has 0 atom stereocenters. The monoisotopic (exact) mass is 372 g/mol. The van der Waals surface area contributed by atoms with Gasteiger partial charge in [-0.3, -0.25) is 9.36 Å². The van der Waals surface area contributed by atoms with Gasteiger partial charge in [0, 0.05) is 36.5 Å². The summed E-state index contributed by atoms with van der Waals surface area (Å²) >= 11 is 1.29. The number of hydrogen-bond donors (Lipinski definition) is 1. The molecule has 3 rings (SSSR count). The quantitative estimate of drug-likeness (QED) is 0.623. The molecule has 1 aromatic heterocycles. The number of aromatic nitrogens is 3. The Labute approximate surface area is 157 Å². The molecule has 0 fully saturated rings. The molecule has 6 nitrogen and oxygen atoms in total. The van der Waals surface area contributed by atoms with E-state index in [1.54, 1.807) is 10.6 Å². The summed E-state index contributed by atoms with van der Waals surface area (Å²) in [6, 6.07) is 8.22. The van der Waals surface area contributed by atoms with E-state index in [2.05, 4.69) is 41.1 Å². The molecule has 0 unspecified atom stereocenters. The zero-order valence-corrected chi connectivity index (χ0v) is 16.4. The molecule has 0 bridgehead atoms. The summed E-state index contributed by atoms with van der Waals surface area (Å²) in [5.41, 5.74) is 2.89. The Balaban J connectivity index is 1.77. The fourth-order valence-corrected chi connectivity index (χ4v) is 4.22. The molecule has 2 heterocycles. The molecular formula is C19H24N4O2S. The van der Waals surface area contributed by atoms with Gasteiger partial charge in [0.25, 0.3) is 0 Å². The maximum Gasteiger partial charge on any atom is 0.343 e. The molecule has 0 aliphatic carbocycles. The number of anilines is 1. The highest BCUT2D eigenvalue weighted by Gasteiger charge is 2.38. The highest BCUT2D eigenvalue weighted by Crippen LogP contribution is 2.46. The molecule has 138 valence electrons. The first-order valence-electron chi connectivity index (χ1n) is 8.72. The maximum absolute atomic E-state index is 12.6. The number of para-hydroxylation sites is 1. The Morgan fingerprint density at radius 2 is 2.08 bits per heavy atom. The second kappa shape index (κ2) is 7.15. The number of thioether (sulfide) groups is 1. The Morgan fingerprint density at radius 3 is 2.77 bits per heavy atom. The number of carbonyl (C=O) groups excluding carboxylic acids is 1. The van der Waals surface area contributed by atoms with Crippen molar-refractivity contribution in [2.45, 2.75) is 44.3 Å². The number of ketones is 1. The minimum Gasteiger partial charge on any atom is -0.347 e.